The molecular formula is C12H18N2O2. The van der Waals surface area contributed by atoms with Gasteiger partial charge in [0.15, 0.2) is 0 Å². The van der Waals surface area contributed by atoms with E-state index in [9.17, 15) is 9.90 Å². The van der Waals surface area contributed by atoms with Gasteiger partial charge in [0, 0.05) is 30.7 Å². The Morgan fingerprint density at radius 2 is 2.25 bits per heavy atom. The topological polar surface area (TPSA) is 57.5 Å². The Labute approximate surface area is 95.9 Å². The Morgan fingerprint density at radius 1 is 1.44 bits per heavy atom. The van der Waals surface area contributed by atoms with Crippen LogP contribution in [0.3, 0.4) is 0 Å². The van der Waals surface area contributed by atoms with E-state index in [1.807, 2.05) is 18.2 Å². The molecule has 1 aromatic rings. The van der Waals surface area contributed by atoms with E-state index in [0.717, 1.165) is 25.2 Å². The number of carboxylic acid groups (broad SMARTS) is 1. The molecule has 88 valence electrons. The largest absolute Gasteiger partial charge is 0.550 e. The SMILES string of the molecule is C[NH+](CCCC(=O)[O-])CCc1ccccn1. The average Bonchev–Trinajstić information content (AvgIpc) is 2.27. The number of aromatic nitrogens is 1. The van der Waals surface area contributed by atoms with Gasteiger partial charge >= 0.3 is 0 Å². The van der Waals surface area contributed by atoms with E-state index in [0.29, 0.717) is 6.42 Å². The van der Waals surface area contributed by atoms with Crippen molar-refractivity contribution in [3.05, 3.63) is 30.1 Å². The first kappa shape index (κ1) is 12.6. The number of pyridine rings is 1. The highest BCUT2D eigenvalue weighted by Crippen LogP contribution is 1.92. The molecule has 0 aliphatic carbocycles. The van der Waals surface area contributed by atoms with Crippen LogP contribution in [-0.2, 0) is 11.2 Å². The van der Waals surface area contributed by atoms with Gasteiger partial charge in [0.1, 0.15) is 0 Å². The molecule has 1 rings (SSSR count). The molecule has 0 fully saturated rings. The van der Waals surface area contributed by atoms with Gasteiger partial charge in [-0.15, -0.1) is 0 Å². The fourth-order valence-electron chi connectivity index (χ4n) is 1.55. The molecule has 1 unspecified atom stereocenters. The molecule has 1 heterocycles. The van der Waals surface area contributed by atoms with E-state index in [1.54, 1.807) is 6.20 Å². The summed E-state index contributed by atoms with van der Waals surface area (Å²) >= 11 is 0. The standard InChI is InChI=1S/C12H18N2O2/c1-14(9-4-6-12(15)16)10-7-11-5-2-3-8-13-11/h2-3,5,8H,4,6-7,9-10H2,1H3,(H,15,16). The van der Waals surface area contributed by atoms with Crippen molar-refractivity contribution in [1.29, 1.82) is 0 Å². The minimum absolute atomic E-state index is 0.154. The quantitative estimate of drug-likeness (QED) is 0.622. The van der Waals surface area contributed by atoms with Crippen molar-refractivity contribution in [2.75, 3.05) is 20.1 Å². The van der Waals surface area contributed by atoms with E-state index in [-0.39, 0.29) is 6.42 Å². The predicted molar refractivity (Wildman–Crippen MR) is 58.8 cm³/mol. The Kier molecular flexibility index (Phi) is 5.50. The number of hydrogen-bond donors (Lipinski definition) is 1. The summed E-state index contributed by atoms with van der Waals surface area (Å²) in [7, 11) is 2.07. The van der Waals surface area contributed by atoms with Crippen LogP contribution in [0.1, 0.15) is 18.5 Å². The van der Waals surface area contributed by atoms with Gasteiger partial charge in [-0.1, -0.05) is 6.07 Å². The van der Waals surface area contributed by atoms with Crippen LogP contribution >= 0.6 is 0 Å². The number of carboxylic acids is 1. The van der Waals surface area contributed by atoms with Crippen molar-refractivity contribution in [2.45, 2.75) is 19.3 Å². The number of hydrogen-bond acceptors (Lipinski definition) is 3. The maximum Gasteiger partial charge on any atom is 0.0825 e. The molecule has 0 aromatic carbocycles. The maximum absolute atomic E-state index is 10.2. The molecule has 0 bridgehead atoms. The average molecular weight is 222 g/mol. The predicted octanol–water partition coefficient (Wildman–Crippen LogP) is -1.33. The molecule has 16 heavy (non-hydrogen) atoms. The zero-order valence-electron chi connectivity index (χ0n) is 9.61. The van der Waals surface area contributed by atoms with Gasteiger partial charge in [0.05, 0.1) is 20.1 Å². The van der Waals surface area contributed by atoms with Crippen LogP contribution in [0.4, 0.5) is 0 Å². The first-order valence-electron chi connectivity index (χ1n) is 5.59. The highest BCUT2D eigenvalue weighted by Gasteiger charge is 2.02. The Bertz CT molecular complexity index is 314. The zero-order chi connectivity index (χ0) is 11.8. The van der Waals surface area contributed by atoms with Gasteiger partial charge < -0.3 is 14.8 Å². The van der Waals surface area contributed by atoms with Gasteiger partial charge in [-0.2, -0.15) is 0 Å². The lowest BCUT2D eigenvalue weighted by molar-refractivity contribution is -0.879. The zero-order valence-corrected chi connectivity index (χ0v) is 9.61. The number of aliphatic carboxylic acids is 1. The summed E-state index contributed by atoms with van der Waals surface area (Å²) in [5.74, 6) is -0.961. The molecule has 0 aliphatic heterocycles. The lowest BCUT2D eigenvalue weighted by Crippen LogP contribution is -3.09. The summed E-state index contributed by atoms with van der Waals surface area (Å²) in [6.45, 7) is 1.84. The van der Waals surface area contributed by atoms with E-state index in [1.165, 1.54) is 4.90 Å². The maximum atomic E-state index is 10.2. The fourth-order valence-corrected chi connectivity index (χ4v) is 1.55. The molecule has 0 saturated heterocycles. The minimum atomic E-state index is -0.961. The Morgan fingerprint density at radius 3 is 2.88 bits per heavy atom. The second-order valence-electron chi connectivity index (χ2n) is 4.00. The summed E-state index contributed by atoms with van der Waals surface area (Å²) in [5.41, 5.74) is 1.08. The van der Waals surface area contributed by atoms with Crippen LogP contribution in [0.2, 0.25) is 0 Å². The molecule has 1 atom stereocenters. The summed E-state index contributed by atoms with van der Waals surface area (Å²) < 4.78 is 0. The van der Waals surface area contributed by atoms with Crippen LogP contribution in [0.25, 0.3) is 0 Å². The Hall–Kier alpha value is -1.42. The van der Waals surface area contributed by atoms with Crippen LogP contribution in [0.5, 0.6) is 0 Å². The second kappa shape index (κ2) is 6.95. The van der Waals surface area contributed by atoms with Crippen molar-refractivity contribution >= 4 is 5.97 Å². The number of nitrogens with one attached hydrogen (secondary N) is 1. The minimum Gasteiger partial charge on any atom is -0.550 e. The number of rotatable bonds is 7. The number of quaternary nitrogens is 1. The van der Waals surface area contributed by atoms with Gasteiger partial charge in [0.25, 0.3) is 0 Å². The van der Waals surface area contributed by atoms with Crippen LogP contribution < -0.4 is 10.0 Å². The molecular weight excluding hydrogens is 204 g/mol. The van der Waals surface area contributed by atoms with Gasteiger partial charge in [-0.3, -0.25) is 4.98 Å². The molecule has 1 aromatic heterocycles. The summed E-state index contributed by atoms with van der Waals surface area (Å²) in [5, 5.41) is 10.2. The first-order valence-corrected chi connectivity index (χ1v) is 5.59. The molecule has 0 aliphatic rings. The monoisotopic (exact) mass is 222 g/mol. The van der Waals surface area contributed by atoms with Gasteiger partial charge in [-0.05, 0) is 18.6 Å². The second-order valence-corrected chi connectivity index (χ2v) is 4.00. The first-order chi connectivity index (χ1) is 7.68. The molecule has 0 saturated carbocycles. The van der Waals surface area contributed by atoms with Gasteiger partial charge in [-0.25, -0.2) is 0 Å². The molecule has 4 nitrogen and oxygen atoms in total. The number of carbonyl (C=O) groups excluding carboxylic acids is 1. The highest BCUT2D eigenvalue weighted by molar-refractivity contribution is 5.64. The third kappa shape index (κ3) is 5.46. The highest BCUT2D eigenvalue weighted by atomic mass is 16.4. The molecule has 0 amide bonds. The lowest BCUT2D eigenvalue weighted by atomic mass is 10.2. The van der Waals surface area contributed by atoms with Crippen molar-refractivity contribution in [3.8, 4) is 0 Å². The van der Waals surface area contributed by atoms with Crippen molar-refractivity contribution in [2.24, 2.45) is 0 Å². The van der Waals surface area contributed by atoms with Crippen LogP contribution in [-0.4, -0.2) is 31.1 Å². The van der Waals surface area contributed by atoms with Crippen molar-refractivity contribution in [3.63, 3.8) is 0 Å². The lowest BCUT2D eigenvalue weighted by Gasteiger charge is -2.13. The van der Waals surface area contributed by atoms with Crippen LogP contribution in [0, 0.1) is 0 Å². The van der Waals surface area contributed by atoms with Crippen molar-refractivity contribution in [1.82, 2.24) is 4.98 Å². The number of nitrogens with zero attached hydrogens (tertiary/aromatic N) is 1. The molecule has 1 N–H and O–H groups in total. The van der Waals surface area contributed by atoms with E-state index in [2.05, 4.69) is 12.0 Å². The Balaban J connectivity index is 2.15. The molecule has 4 heteroatoms. The van der Waals surface area contributed by atoms with E-state index < -0.39 is 5.97 Å². The summed E-state index contributed by atoms with van der Waals surface area (Å²) in [4.78, 5) is 15.8. The number of likely N-dealkylation sites (N-methyl/N-ethyl adjacent to an activating group) is 1. The summed E-state index contributed by atoms with van der Waals surface area (Å²) in [6, 6.07) is 5.89. The third-order valence-corrected chi connectivity index (χ3v) is 2.52. The smallest absolute Gasteiger partial charge is 0.0825 e. The summed E-state index contributed by atoms with van der Waals surface area (Å²) in [6.07, 6.45) is 3.55. The van der Waals surface area contributed by atoms with Crippen LogP contribution in [0.15, 0.2) is 24.4 Å². The third-order valence-electron chi connectivity index (χ3n) is 2.52. The fraction of sp³-hybridized carbons (Fsp3) is 0.500. The van der Waals surface area contributed by atoms with E-state index >= 15 is 0 Å². The number of carbonyl (C=O) groups is 1. The normalized spacial score (nSPS) is 12.3. The molecule has 0 spiro atoms. The van der Waals surface area contributed by atoms with Gasteiger partial charge in [0.2, 0.25) is 0 Å². The van der Waals surface area contributed by atoms with E-state index in [4.69, 9.17) is 0 Å². The van der Waals surface area contributed by atoms with Crippen molar-refractivity contribution < 1.29 is 14.8 Å². The molecule has 0 radical (unpaired) electrons.